The van der Waals surface area contributed by atoms with Crippen LogP contribution in [0.3, 0.4) is 0 Å². The van der Waals surface area contributed by atoms with E-state index in [9.17, 15) is 0 Å². The minimum absolute atomic E-state index is 0. The highest BCUT2D eigenvalue weighted by molar-refractivity contribution is 14.0. The van der Waals surface area contributed by atoms with Crippen molar-refractivity contribution in [1.82, 2.24) is 15.8 Å². The standard InChI is InChI=1S/C17H32N4O.HI/c1-7-13(8-2)15-11-14(22-21-15)12-20-16(18-6)19-10-9-17(3,4)5;/h11,13H,7-10,12H2,1-6H3,(H2,18,19,20);1H. The topological polar surface area (TPSA) is 62.5 Å². The molecule has 0 unspecified atom stereocenters. The Morgan fingerprint density at radius 2 is 1.91 bits per heavy atom. The Labute approximate surface area is 158 Å². The zero-order chi connectivity index (χ0) is 16.6. The van der Waals surface area contributed by atoms with E-state index >= 15 is 0 Å². The van der Waals surface area contributed by atoms with E-state index in [-0.39, 0.29) is 24.0 Å². The van der Waals surface area contributed by atoms with Crippen LogP contribution >= 0.6 is 24.0 Å². The quantitative estimate of drug-likeness (QED) is 0.380. The third-order valence-electron chi connectivity index (χ3n) is 3.80. The highest BCUT2D eigenvalue weighted by Crippen LogP contribution is 2.22. The van der Waals surface area contributed by atoms with Crippen molar-refractivity contribution in [3.05, 3.63) is 17.5 Å². The van der Waals surface area contributed by atoms with E-state index in [1.165, 1.54) is 0 Å². The Hall–Kier alpha value is -0.790. The second-order valence-electron chi connectivity index (χ2n) is 6.89. The normalized spacial score (nSPS) is 12.2. The number of guanidine groups is 1. The number of rotatable bonds is 7. The monoisotopic (exact) mass is 436 g/mol. The molecule has 0 fully saturated rings. The predicted molar refractivity (Wildman–Crippen MR) is 108 cm³/mol. The molecule has 0 aromatic carbocycles. The van der Waals surface area contributed by atoms with E-state index in [2.05, 4.69) is 55.4 Å². The molecule has 0 radical (unpaired) electrons. The van der Waals surface area contributed by atoms with Crippen LogP contribution in [-0.4, -0.2) is 24.7 Å². The van der Waals surface area contributed by atoms with Crippen LogP contribution in [0.4, 0.5) is 0 Å². The number of aromatic nitrogens is 1. The zero-order valence-electron chi connectivity index (χ0n) is 15.4. The van der Waals surface area contributed by atoms with Crippen LogP contribution in [0, 0.1) is 5.41 Å². The molecule has 0 aliphatic heterocycles. The number of hydrogen-bond acceptors (Lipinski definition) is 3. The van der Waals surface area contributed by atoms with E-state index in [0.717, 1.165) is 43.2 Å². The lowest BCUT2D eigenvalue weighted by Gasteiger charge is -2.19. The molecule has 1 heterocycles. The van der Waals surface area contributed by atoms with Crippen LogP contribution in [0.1, 0.15) is 71.3 Å². The van der Waals surface area contributed by atoms with Gasteiger partial charge in [-0.1, -0.05) is 39.8 Å². The Morgan fingerprint density at radius 1 is 1.26 bits per heavy atom. The summed E-state index contributed by atoms with van der Waals surface area (Å²) in [6, 6.07) is 2.05. The van der Waals surface area contributed by atoms with Gasteiger partial charge in [0.2, 0.25) is 0 Å². The summed E-state index contributed by atoms with van der Waals surface area (Å²) in [5.41, 5.74) is 1.37. The maximum absolute atomic E-state index is 5.41. The number of halogens is 1. The average molecular weight is 436 g/mol. The largest absolute Gasteiger partial charge is 0.359 e. The Kier molecular flexibility index (Phi) is 10.5. The highest BCUT2D eigenvalue weighted by Gasteiger charge is 2.13. The van der Waals surface area contributed by atoms with E-state index in [0.29, 0.717) is 17.9 Å². The van der Waals surface area contributed by atoms with Crippen molar-refractivity contribution in [2.24, 2.45) is 10.4 Å². The first kappa shape index (κ1) is 22.2. The Balaban J connectivity index is 0.00000484. The molecule has 0 saturated carbocycles. The lowest BCUT2D eigenvalue weighted by Crippen LogP contribution is -2.38. The fourth-order valence-electron chi connectivity index (χ4n) is 2.26. The van der Waals surface area contributed by atoms with Gasteiger partial charge in [0.1, 0.15) is 0 Å². The summed E-state index contributed by atoms with van der Waals surface area (Å²) < 4.78 is 5.41. The van der Waals surface area contributed by atoms with Crippen molar-refractivity contribution in [2.45, 2.75) is 66.3 Å². The van der Waals surface area contributed by atoms with Gasteiger partial charge in [0.25, 0.3) is 0 Å². The number of nitrogens with zero attached hydrogens (tertiary/aromatic N) is 2. The van der Waals surface area contributed by atoms with E-state index in [1.807, 2.05) is 6.07 Å². The molecule has 2 N–H and O–H groups in total. The van der Waals surface area contributed by atoms with Crippen LogP contribution in [0.15, 0.2) is 15.6 Å². The fraction of sp³-hybridized carbons (Fsp3) is 0.765. The fourth-order valence-corrected chi connectivity index (χ4v) is 2.26. The zero-order valence-corrected chi connectivity index (χ0v) is 17.7. The molecular weight excluding hydrogens is 403 g/mol. The van der Waals surface area contributed by atoms with Crippen molar-refractivity contribution >= 4 is 29.9 Å². The molecule has 0 atom stereocenters. The first-order chi connectivity index (χ1) is 10.4. The Bertz CT molecular complexity index is 461. The van der Waals surface area contributed by atoms with E-state index < -0.39 is 0 Å². The molecule has 23 heavy (non-hydrogen) atoms. The minimum Gasteiger partial charge on any atom is -0.359 e. The van der Waals surface area contributed by atoms with E-state index in [4.69, 9.17) is 4.52 Å². The molecule has 6 heteroatoms. The van der Waals surface area contributed by atoms with Crippen LogP contribution < -0.4 is 10.6 Å². The van der Waals surface area contributed by atoms with Gasteiger partial charge in [-0.2, -0.15) is 0 Å². The SMILES string of the molecule is CCC(CC)c1cc(CNC(=NC)NCCC(C)(C)C)on1.I. The second-order valence-corrected chi connectivity index (χ2v) is 6.89. The maximum Gasteiger partial charge on any atom is 0.191 e. The summed E-state index contributed by atoms with van der Waals surface area (Å²) in [5, 5.41) is 10.8. The Morgan fingerprint density at radius 3 is 2.43 bits per heavy atom. The molecule has 134 valence electrons. The second kappa shape index (κ2) is 10.9. The molecular formula is C17H33IN4O. The van der Waals surface area contributed by atoms with Gasteiger partial charge in [-0.15, -0.1) is 24.0 Å². The number of aliphatic imine (C=N–C) groups is 1. The molecule has 5 nitrogen and oxygen atoms in total. The minimum atomic E-state index is 0. The average Bonchev–Trinajstić information content (AvgIpc) is 2.91. The van der Waals surface area contributed by atoms with E-state index in [1.54, 1.807) is 7.05 Å². The summed E-state index contributed by atoms with van der Waals surface area (Å²) in [6.07, 6.45) is 3.27. The molecule has 1 rings (SSSR count). The van der Waals surface area contributed by atoms with Gasteiger partial charge >= 0.3 is 0 Å². The van der Waals surface area contributed by atoms with Crippen LogP contribution in [0.2, 0.25) is 0 Å². The van der Waals surface area contributed by atoms with Crippen LogP contribution in [0.5, 0.6) is 0 Å². The van der Waals surface area contributed by atoms with Gasteiger partial charge in [0, 0.05) is 25.6 Å². The van der Waals surface area contributed by atoms with Gasteiger partial charge in [0.15, 0.2) is 11.7 Å². The number of nitrogens with one attached hydrogen (secondary N) is 2. The molecule has 0 aliphatic rings. The van der Waals surface area contributed by atoms with Crippen LogP contribution in [0.25, 0.3) is 0 Å². The maximum atomic E-state index is 5.41. The summed E-state index contributed by atoms with van der Waals surface area (Å²) >= 11 is 0. The molecule has 1 aromatic heterocycles. The number of hydrogen-bond donors (Lipinski definition) is 2. The predicted octanol–water partition coefficient (Wildman–Crippen LogP) is 4.30. The van der Waals surface area contributed by atoms with Gasteiger partial charge in [-0.25, -0.2) is 0 Å². The smallest absolute Gasteiger partial charge is 0.191 e. The van der Waals surface area contributed by atoms with Crippen molar-refractivity contribution in [3.63, 3.8) is 0 Å². The van der Waals surface area contributed by atoms with Gasteiger partial charge in [0.05, 0.1) is 12.2 Å². The summed E-state index contributed by atoms with van der Waals surface area (Å²) in [7, 11) is 1.78. The molecule has 0 bridgehead atoms. The van der Waals surface area contributed by atoms with Crippen molar-refractivity contribution in [1.29, 1.82) is 0 Å². The molecule has 1 aromatic rings. The van der Waals surface area contributed by atoms with Gasteiger partial charge < -0.3 is 15.2 Å². The highest BCUT2D eigenvalue weighted by atomic mass is 127. The molecule has 0 spiro atoms. The lowest BCUT2D eigenvalue weighted by atomic mass is 9.92. The lowest BCUT2D eigenvalue weighted by molar-refractivity contribution is 0.366. The summed E-state index contributed by atoms with van der Waals surface area (Å²) in [4.78, 5) is 4.23. The van der Waals surface area contributed by atoms with Crippen LogP contribution in [-0.2, 0) is 6.54 Å². The first-order valence-electron chi connectivity index (χ1n) is 8.29. The van der Waals surface area contributed by atoms with Gasteiger partial charge in [-0.3, -0.25) is 4.99 Å². The van der Waals surface area contributed by atoms with Crippen molar-refractivity contribution < 1.29 is 4.52 Å². The molecule has 0 aliphatic carbocycles. The third-order valence-corrected chi connectivity index (χ3v) is 3.80. The molecule has 0 amide bonds. The van der Waals surface area contributed by atoms with Crippen molar-refractivity contribution in [2.75, 3.05) is 13.6 Å². The summed E-state index contributed by atoms with van der Waals surface area (Å²) in [6.45, 7) is 12.6. The van der Waals surface area contributed by atoms with Crippen molar-refractivity contribution in [3.8, 4) is 0 Å². The van der Waals surface area contributed by atoms with Gasteiger partial charge in [-0.05, 0) is 24.7 Å². The summed E-state index contributed by atoms with van der Waals surface area (Å²) in [5.74, 6) is 2.13. The molecule has 0 saturated heterocycles. The first-order valence-corrected chi connectivity index (χ1v) is 8.29. The third kappa shape index (κ3) is 8.58.